The Bertz CT molecular complexity index is 7130. The van der Waals surface area contributed by atoms with Crippen LogP contribution in [-0.2, 0) is 10.8 Å². The van der Waals surface area contributed by atoms with E-state index in [-0.39, 0.29) is 10.8 Å². The van der Waals surface area contributed by atoms with Crippen molar-refractivity contribution in [1.82, 2.24) is 28.2 Å². The molecular weight excluding hydrogens is 1290 g/mol. The van der Waals surface area contributed by atoms with Gasteiger partial charge >= 0.3 is 0 Å². The topological polar surface area (TPSA) is 45.5 Å². The molecule has 0 spiro atoms. The Morgan fingerprint density at radius 1 is 0.198 bits per heavy atom. The van der Waals surface area contributed by atoms with Crippen LogP contribution in [-0.4, -0.2) is 28.2 Å². The Labute approximate surface area is 613 Å². The van der Waals surface area contributed by atoms with E-state index >= 15 is 0 Å². The van der Waals surface area contributed by atoms with Crippen LogP contribution in [0.4, 0.5) is 0 Å². The fraction of sp³-hybridized carbons (Fsp3) is 0.0600. The summed E-state index contributed by atoms with van der Waals surface area (Å²) < 4.78 is 9.73. The number of nitrogens with zero attached hydrogens (tertiary/aromatic N) is 6. The van der Waals surface area contributed by atoms with E-state index in [2.05, 4.69) is 380 Å². The molecule has 0 saturated carbocycles. The Morgan fingerprint density at radius 2 is 0.519 bits per heavy atom. The maximum Gasteiger partial charge on any atom is 0.160 e. The smallest absolute Gasteiger partial charge is 0.160 e. The van der Waals surface area contributed by atoms with Crippen molar-refractivity contribution in [2.45, 2.75) is 38.5 Å². The summed E-state index contributed by atoms with van der Waals surface area (Å²) in [5.41, 5.74) is 33.9. The lowest BCUT2D eigenvalue weighted by Gasteiger charge is -2.22. The molecule has 0 atom stereocenters. The van der Waals surface area contributed by atoms with Gasteiger partial charge in [0, 0.05) is 93.4 Å². The van der Waals surface area contributed by atoms with Crippen molar-refractivity contribution >= 4 is 87.2 Å². The highest BCUT2D eigenvalue weighted by Gasteiger charge is 2.37. The predicted molar refractivity (Wildman–Crippen MR) is 442 cm³/mol. The van der Waals surface area contributed by atoms with Gasteiger partial charge in [-0.05, 0) is 194 Å². The highest BCUT2D eigenvalue weighted by Crippen LogP contribution is 2.52. The number of para-hydroxylation sites is 4. The summed E-state index contributed by atoms with van der Waals surface area (Å²) in [5.74, 6) is 0.672. The molecule has 498 valence electrons. The highest BCUT2D eigenvalue weighted by atomic mass is 15.0. The largest absolute Gasteiger partial charge is 0.309 e. The molecule has 15 aromatic carbocycles. The molecule has 106 heavy (non-hydrogen) atoms. The number of benzene rings is 15. The van der Waals surface area contributed by atoms with Gasteiger partial charge in [0.25, 0.3) is 0 Å². The van der Waals surface area contributed by atoms with E-state index < -0.39 is 0 Å². The maximum absolute atomic E-state index is 5.37. The first-order chi connectivity index (χ1) is 52.1. The van der Waals surface area contributed by atoms with E-state index in [9.17, 15) is 0 Å². The quantitative estimate of drug-likeness (QED) is 0.145. The van der Waals surface area contributed by atoms with Crippen LogP contribution in [0.15, 0.2) is 340 Å². The number of rotatable bonds is 9. The summed E-state index contributed by atoms with van der Waals surface area (Å²) in [4.78, 5) is 10.7. The first-order valence-corrected chi connectivity index (χ1v) is 36.9. The zero-order chi connectivity index (χ0) is 70.3. The van der Waals surface area contributed by atoms with Gasteiger partial charge in [-0.1, -0.05) is 240 Å². The Morgan fingerprint density at radius 3 is 0.953 bits per heavy atom. The molecule has 0 saturated heterocycles. The van der Waals surface area contributed by atoms with Gasteiger partial charge in [0.15, 0.2) is 5.82 Å². The molecule has 5 heterocycles. The number of fused-ring (bicyclic) bond motifs is 18. The molecule has 0 amide bonds. The number of hydrogen-bond donors (Lipinski definition) is 0. The predicted octanol–water partition coefficient (Wildman–Crippen LogP) is 25.8. The van der Waals surface area contributed by atoms with Crippen LogP contribution >= 0.6 is 0 Å². The van der Waals surface area contributed by atoms with Crippen molar-refractivity contribution in [3.63, 3.8) is 0 Å². The minimum absolute atomic E-state index is 0.0960. The lowest BCUT2D eigenvalue weighted by molar-refractivity contribution is 0.660. The molecule has 0 N–H and O–H groups in total. The molecule has 5 aromatic heterocycles. The van der Waals surface area contributed by atoms with Crippen LogP contribution in [0.5, 0.6) is 0 Å². The van der Waals surface area contributed by atoms with Crippen molar-refractivity contribution in [3.8, 4) is 101 Å². The van der Waals surface area contributed by atoms with Crippen molar-refractivity contribution in [2.24, 2.45) is 0 Å². The molecule has 2 aliphatic carbocycles. The van der Waals surface area contributed by atoms with Crippen molar-refractivity contribution in [3.05, 3.63) is 362 Å². The number of aromatic nitrogens is 6. The Balaban J connectivity index is 0.595. The molecule has 22 rings (SSSR count). The molecule has 0 aliphatic heterocycles. The van der Waals surface area contributed by atoms with Gasteiger partial charge in [-0.2, -0.15) is 0 Å². The molecule has 20 aromatic rings. The molecular formula is C100H68N6. The van der Waals surface area contributed by atoms with E-state index in [1.807, 2.05) is 6.07 Å². The molecule has 2 aliphatic rings. The second-order valence-corrected chi connectivity index (χ2v) is 30.1. The summed E-state index contributed by atoms with van der Waals surface area (Å²) in [6, 6.07) is 126. The first kappa shape index (κ1) is 60.2. The SMILES string of the molecule is CC1(C)c2ccccc2-c2ccc(-n3c4ccccc4c4cc(-c5ccc6c(c5)c5ccccc5n6-c5ccc(-c6cc(-c7cccc(-n8c9ccccc9c9cc(-c%10ccc%11c(c%10)c%10ccccc%10n%11-c%10ccc%11c(c%10)C(C)(C)c%10ccccc%10-%11)ccc98)c7)nc(-c7ccccc7)n6)cc5)ccc43)cc21. The van der Waals surface area contributed by atoms with Crippen molar-refractivity contribution in [2.75, 3.05) is 0 Å². The number of hydrogen-bond acceptors (Lipinski definition) is 2. The second-order valence-electron chi connectivity index (χ2n) is 30.1. The molecule has 6 nitrogen and oxygen atoms in total. The van der Waals surface area contributed by atoms with Gasteiger partial charge in [-0.25, -0.2) is 9.97 Å². The molecule has 0 radical (unpaired) electrons. The normalized spacial score (nSPS) is 13.4. The summed E-state index contributed by atoms with van der Waals surface area (Å²) in [6.45, 7) is 9.44. The monoisotopic (exact) mass is 1350 g/mol. The second kappa shape index (κ2) is 22.5. The van der Waals surface area contributed by atoms with E-state index in [0.717, 1.165) is 61.5 Å². The molecule has 0 unspecified atom stereocenters. The Hall–Kier alpha value is -13.4. The fourth-order valence-electron chi connectivity index (χ4n) is 18.4. The van der Waals surface area contributed by atoms with Crippen LogP contribution in [0, 0.1) is 0 Å². The van der Waals surface area contributed by atoms with Gasteiger partial charge in [0.2, 0.25) is 0 Å². The van der Waals surface area contributed by atoms with Crippen molar-refractivity contribution < 1.29 is 0 Å². The van der Waals surface area contributed by atoms with Crippen LogP contribution in [0.25, 0.3) is 188 Å². The highest BCUT2D eigenvalue weighted by molar-refractivity contribution is 6.15. The third kappa shape index (κ3) is 8.85. The van der Waals surface area contributed by atoms with Crippen LogP contribution < -0.4 is 0 Å². The average molecular weight is 1350 g/mol. The lowest BCUT2D eigenvalue weighted by atomic mass is 9.82. The van der Waals surface area contributed by atoms with Gasteiger partial charge < -0.3 is 18.3 Å². The first-order valence-electron chi connectivity index (χ1n) is 36.9. The lowest BCUT2D eigenvalue weighted by Crippen LogP contribution is -2.15. The van der Waals surface area contributed by atoms with E-state index in [0.29, 0.717) is 5.82 Å². The minimum Gasteiger partial charge on any atom is -0.309 e. The minimum atomic E-state index is -0.0986. The van der Waals surface area contributed by atoms with Gasteiger partial charge in [0.1, 0.15) is 0 Å². The van der Waals surface area contributed by atoms with E-state index in [1.165, 1.54) is 143 Å². The van der Waals surface area contributed by atoms with Gasteiger partial charge in [0.05, 0.1) is 55.5 Å². The fourth-order valence-corrected chi connectivity index (χ4v) is 18.4. The zero-order valence-corrected chi connectivity index (χ0v) is 59.0. The van der Waals surface area contributed by atoms with E-state index in [4.69, 9.17) is 9.97 Å². The molecule has 0 fully saturated rings. The molecule has 6 heteroatoms. The average Bonchev–Trinajstić information content (AvgIpc) is 1.57. The summed E-state index contributed by atoms with van der Waals surface area (Å²) >= 11 is 0. The summed E-state index contributed by atoms with van der Waals surface area (Å²) in [7, 11) is 0. The van der Waals surface area contributed by atoms with Gasteiger partial charge in [-0.15, -0.1) is 0 Å². The maximum atomic E-state index is 5.37. The van der Waals surface area contributed by atoms with Crippen molar-refractivity contribution in [1.29, 1.82) is 0 Å². The third-order valence-corrected chi connectivity index (χ3v) is 23.6. The Kier molecular flexibility index (Phi) is 12.8. The standard InChI is InChI=1S/C100H68N6/c1-99(2)84-31-14-8-25-72(84)74-47-45-70(58-86(74)99)105-92-35-18-12-29-78(92)82-56-65(41-51-96(82)105)63-39-49-94-80(54-63)76-27-10-16-33-90(76)103(94)68-43-37-61(38-44-68)88-60-89(102-98(101-88)62-21-6-5-7-22-62)67-23-20-24-69(53-67)104-91-34-17-11-28-77(91)81-55-64(40-50-95(81)104)66-42-52-97-83(57-66)79-30-13-19-36-93(79)106(97)71-46-48-75-73-26-9-15-32-85(73)100(3,4)87(75)59-71/h5-60H,1-4H3. The summed E-state index contributed by atoms with van der Waals surface area (Å²) in [6.07, 6.45) is 0. The van der Waals surface area contributed by atoms with Gasteiger partial charge in [-0.3, -0.25) is 0 Å². The molecule has 0 bridgehead atoms. The third-order valence-electron chi connectivity index (χ3n) is 23.6. The van der Waals surface area contributed by atoms with E-state index in [1.54, 1.807) is 0 Å². The summed E-state index contributed by atoms with van der Waals surface area (Å²) in [5, 5.41) is 9.77. The van der Waals surface area contributed by atoms with Crippen LogP contribution in [0.1, 0.15) is 49.9 Å². The zero-order valence-electron chi connectivity index (χ0n) is 59.0. The van der Waals surface area contributed by atoms with Crippen LogP contribution in [0.2, 0.25) is 0 Å². The van der Waals surface area contributed by atoms with Crippen LogP contribution in [0.3, 0.4) is 0 Å².